The molecule has 0 spiro atoms. The predicted molar refractivity (Wildman–Crippen MR) is 132 cm³/mol. The molecular formula is C29H30FN3O. The van der Waals surface area contributed by atoms with E-state index in [1.54, 1.807) is 6.07 Å². The van der Waals surface area contributed by atoms with Gasteiger partial charge in [0, 0.05) is 36.7 Å². The van der Waals surface area contributed by atoms with Gasteiger partial charge in [0.05, 0.1) is 18.2 Å². The molecule has 2 saturated heterocycles. The van der Waals surface area contributed by atoms with Crippen LogP contribution in [0.25, 0.3) is 11.1 Å². The first-order valence-electron chi connectivity index (χ1n) is 12.1. The van der Waals surface area contributed by atoms with Gasteiger partial charge in [-0.2, -0.15) is 5.26 Å². The van der Waals surface area contributed by atoms with Crippen LogP contribution >= 0.6 is 0 Å². The van der Waals surface area contributed by atoms with Crippen LogP contribution in [-0.2, 0) is 6.54 Å². The molecule has 0 aromatic heterocycles. The maximum Gasteiger partial charge on any atom is 0.127 e. The van der Waals surface area contributed by atoms with Crippen molar-refractivity contribution in [1.82, 2.24) is 9.80 Å². The summed E-state index contributed by atoms with van der Waals surface area (Å²) in [5, 5.41) is 19.4. The molecule has 2 fully saturated rings. The van der Waals surface area contributed by atoms with E-state index in [4.69, 9.17) is 0 Å². The van der Waals surface area contributed by atoms with Crippen molar-refractivity contribution < 1.29 is 9.50 Å². The highest BCUT2D eigenvalue weighted by molar-refractivity contribution is 5.65. The topological polar surface area (TPSA) is 50.5 Å². The second-order valence-corrected chi connectivity index (χ2v) is 9.43. The van der Waals surface area contributed by atoms with Crippen LogP contribution < -0.4 is 0 Å². The van der Waals surface area contributed by atoms with Crippen molar-refractivity contribution in [1.29, 1.82) is 5.26 Å². The molecule has 0 bridgehead atoms. The molecule has 0 amide bonds. The van der Waals surface area contributed by atoms with Gasteiger partial charge < -0.3 is 5.11 Å². The molecule has 3 aromatic rings. The molecule has 0 unspecified atom stereocenters. The number of nitriles is 1. The lowest BCUT2D eigenvalue weighted by Crippen LogP contribution is -2.67. The maximum atomic E-state index is 14.3. The van der Waals surface area contributed by atoms with Crippen molar-refractivity contribution in [3.8, 4) is 17.2 Å². The van der Waals surface area contributed by atoms with Crippen molar-refractivity contribution in [2.75, 3.05) is 26.2 Å². The summed E-state index contributed by atoms with van der Waals surface area (Å²) in [4.78, 5) is 4.82. The molecule has 174 valence electrons. The Hall–Kier alpha value is -3.04. The van der Waals surface area contributed by atoms with Crippen molar-refractivity contribution >= 4 is 0 Å². The van der Waals surface area contributed by atoms with E-state index in [1.165, 1.54) is 11.6 Å². The quantitative estimate of drug-likeness (QED) is 0.601. The highest BCUT2D eigenvalue weighted by atomic mass is 19.1. The van der Waals surface area contributed by atoms with Gasteiger partial charge in [0.15, 0.2) is 0 Å². The molecule has 5 heteroatoms. The fourth-order valence-electron chi connectivity index (χ4n) is 5.69. The van der Waals surface area contributed by atoms with Gasteiger partial charge in [-0.3, -0.25) is 9.80 Å². The normalized spacial score (nSPS) is 23.3. The number of rotatable bonds is 5. The number of halogens is 1. The van der Waals surface area contributed by atoms with Gasteiger partial charge in [0.1, 0.15) is 5.82 Å². The average molecular weight is 456 g/mol. The third-order valence-corrected chi connectivity index (χ3v) is 7.43. The molecule has 4 nitrogen and oxygen atoms in total. The van der Waals surface area contributed by atoms with Crippen LogP contribution in [0, 0.1) is 17.1 Å². The van der Waals surface area contributed by atoms with Crippen LogP contribution in [0.15, 0.2) is 72.8 Å². The smallest absolute Gasteiger partial charge is 0.127 e. The summed E-state index contributed by atoms with van der Waals surface area (Å²) in [5.41, 5.74) is 4.74. The van der Waals surface area contributed by atoms with Gasteiger partial charge >= 0.3 is 0 Å². The van der Waals surface area contributed by atoms with Crippen LogP contribution in [0.5, 0.6) is 0 Å². The first-order valence-corrected chi connectivity index (χ1v) is 12.1. The van der Waals surface area contributed by atoms with E-state index >= 15 is 0 Å². The maximum absolute atomic E-state index is 14.3. The number of benzene rings is 3. The lowest BCUT2D eigenvalue weighted by atomic mass is 9.74. The Morgan fingerprint density at radius 2 is 1.74 bits per heavy atom. The van der Waals surface area contributed by atoms with Gasteiger partial charge in [0.2, 0.25) is 0 Å². The minimum absolute atomic E-state index is 0.117. The van der Waals surface area contributed by atoms with E-state index in [1.807, 2.05) is 36.4 Å². The Bertz CT molecular complexity index is 1170. The number of fused-ring (bicyclic) bond motifs is 1. The van der Waals surface area contributed by atoms with Gasteiger partial charge in [0.25, 0.3) is 0 Å². The summed E-state index contributed by atoms with van der Waals surface area (Å²) >= 11 is 0. The highest BCUT2D eigenvalue weighted by Gasteiger charge is 2.49. The average Bonchev–Trinajstić information content (AvgIpc) is 2.86. The Kier molecular flexibility index (Phi) is 6.73. The number of aliphatic hydroxyl groups excluding tert-OH is 1. The molecule has 2 heterocycles. The lowest BCUT2D eigenvalue weighted by molar-refractivity contribution is -0.0656. The van der Waals surface area contributed by atoms with Gasteiger partial charge in [-0.05, 0) is 60.8 Å². The Balaban J connectivity index is 1.37. The first kappa shape index (κ1) is 22.7. The van der Waals surface area contributed by atoms with E-state index < -0.39 is 0 Å². The molecule has 0 radical (unpaired) electrons. The van der Waals surface area contributed by atoms with Crippen LogP contribution in [-0.4, -0.2) is 53.2 Å². The molecule has 1 N–H and O–H groups in total. The fourth-order valence-corrected chi connectivity index (χ4v) is 5.69. The molecule has 0 aliphatic carbocycles. The molecule has 2 aliphatic heterocycles. The minimum atomic E-state index is -0.143. The third-order valence-electron chi connectivity index (χ3n) is 7.43. The summed E-state index contributed by atoms with van der Waals surface area (Å²) < 4.78 is 14.3. The molecular weight excluding hydrogens is 425 g/mol. The second-order valence-electron chi connectivity index (χ2n) is 9.43. The van der Waals surface area contributed by atoms with E-state index in [0.29, 0.717) is 18.2 Å². The van der Waals surface area contributed by atoms with Crippen molar-refractivity contribution in [2.24, 2.45) is 0 Å². The SMILES string of the molecule is N#Cc1cccc(-c2ccc([C@H]3[C@@H](CO)N4CCCCN(Cc5ccccc5F)C[C@@H]34)cc2)c1. The van der Waals surface area contributed by atoms with Crippen LogP contribution in [0.2, 0.25) is 0 Å². The molecule has 34 heavy (non-hydrogen) atoms. The summed E-state index contributed by atoms with van der Waals surface area (Å²) in [6.07, 6.45) is 2.17. The predicted octanol–water partition coefficient (Wildman–Crippen LogP) is 4.79. The largest absolute Gasteiger partial charge is 0.395 e. The highest BCUT2D eigenvalue weighted by Crippen LogP contribution is 2.42. The van der Waals surface area contributed by atoms with Gasteiger partial charge in [-0.1, -0.05) is 54.6 Å². The van der Waals surface area contributed by atoms with Crippen LogP contribution in [0.4, 0.5) is 4.39 Å². The van der Waals surface area contributed by atoms with E-state index in [0.717, 1.165) is 49.2 Å². The van der Waals surface area contributed by atoms with E-state index in [2.05, 4.69) is 40.1 Å². The molecule has 3 atom stereocenters. The minimum Gasteiger partial charge on any atom is -0.395 e. The number of aliphatic hydroxyl groups is 1. The number of nitrogens with zero attached hydrogens (tertiary/aromatic N) is 3. The third kappa shape index (κ3) is 4.50. The standard InChI is InChI=1S/C29H30FN3O/c30-26-9-2-1-7-25(26)18-32-14-3-4-15-33-27(19-32)29(28(33)20-34)23-12-10-22(11-13-23)24-8-5-6-21(16-24)17-31/h1-2,5-13,16,27-29,34H,3-4,14-15,18-20H2/t27-,28+,29+/m0/s1. The van der Waals surface area contributed by atoms with Gasteiger partial charge in [-0.25, -0.2) is 4.39 Å². The van der Waals surface area contributed by atoms with Crippen molar-refractivity contribution in [3.63, 3.8) is 0 Å². The molecule has 0 saturated carbocycles. The van der Waals surface area contributed by atoms with Crippen molar-refractivity contribution in [2.45, 2.75) is 37.4 Å². The molecule has 3 aromatic carbocycles. The molecule has 5 rings (SSSR count). The van der Waals surface area contributed by atoms with Gasteiger partial charge in [-0.15, -0.1) is 0 Å². The summed E-state index contributed by atoms with van der Waals surface area (Å²) in [7, 11) is 0. The first-order chi connectivity index (χ1) is 16.7. The monoisotopic (exact) mass is 455 g/mol. The Morgan fingerprint density at radius 3 is 2.50 bits per heavy atom. The van der Waals surface area contributed by atoms with E-state index in [-0.39, 0.29) is 24.4 Å². The van der Waals surface area contributed by atoms with E-state index in [9.17, 15) is 14.8 Å². The lowest BCUT2D eigenvalue weighted by Gasteiger charge is -2.57. The van der Waals surface area contributed by atoms with Crippen LogP contribution in [0.3, 0.4) is 0 Å². The van der Waals surface area contributed by atoms with Crippen LogP contribution in [0.1, 0.15) is 35.4 Å². The summed E-state index contributed by atoms with van der Waals surface area (Å²) in [5.74, 6) is 0.0987. The molecule has 2 aliphatic rings. The Morgan fingerprint density at radius 1 is 0.941 bits per heavy atom. The zero-order valence-corrected chi connectivity index (χ0v) is 19.3. The second kappa shape index (κ2) is 10.1. The summed E-state index contributed by atoms with van der Waals surface area (Å²) in [6.45, 7) is 3.58. The number of hydrogen-bond acceptors (Lipinski definition) is 4. The summed E-state index contributed by atoms with van der Waals surface area (Å²) in [6, 6.07) is 25.9. The Labute approximate surface area is 200 Å². The number of hydrogen-bond donors (Lipinski definition) is 1. The zero-order chi connectivity index (χ0) is 23.5. The van der Waals surface area contributed by atoms with Crippen molar-refractivity contribution in [3.05, 3.63) is 95.3 Å². The zero-order valence-electron chi connectivity index (χ0n) is 19.3. The fraction of sp³-hybridized carbons (Fsp3) is 0.345.